The van der Waals surface area contributed by atoms with E-state index in [0.29, 0.717) is 12.4 Å². The number of thiazole rings is 1. The van der Waals surface area contributed by atoms with E-state index in [9.17, 15) is 8.42 Å². The highest BCUT2D eigenvalue weighted by Gasteiger charge is 2.15. The molecule has 108 valence electrons. The van der Waals surface area contributed by atoms with Gasteiger partial charge in [0.1, 0.15) is 10.8 Å². The van der Waals surface area contributed by atoms with Crippen molar-refractivity contribution in [2.75, 3.05) is 11.9 Å². The van der Waals surface area contributed by atoms with Gasteiger partial charge in [-0.15, -0.1) is 11.3 Å². The van der Waals surface area contributed by atoms with Gasteiger partial charge in [-0.05, 0) is 19.9 Å². The fourth-order valence-corrected chi connectivity index (χ4v) is 3.40. The molecule has 0 atom stereocenters. The van der Waals surface area contributed by atoms with Gasteiger partial charge in [-0.25, -0.2) is 23.1 Å². The van der Waals surface area contributed by atoms with E-state index in [0.717, 1.165) is 9.88 Å². The van der Waals surface area contributed by atoms with Crippen molar-refractivity contribution in [3.8, 4) is 0 Å². The van der Waals surface area contributed by atoms with Crippen molar-refractivity contribution >= 4 is 27.2 Å². The zero-order valence-corrected chi connectivity index (χ0v) is 12.9. The van der Waals surface area contributed by atoms with Gasteiger partial charge in [-0.2, -0.15) is 0 Å². The van der Waals surface area contributed by atoms with Gasteiger partial charge in [-0.1, -0.05) is 0 Å². The fraction of sp³-hybridized carbons (Fsp3) is 0.333. The number of nitrogens with one attached hydrogen (secondary N) is 2. The summed E-state index contributed by atoms with van der Waals surface area (Å²) in [6.07, 6.45) is 3.20. The summed E-state index contributed by atoms with van der Waals surface area (Å²) in [7, 11) is -3.55. The first-order chi connectivity index (χ1) is 9.51. The van der Waals surface area contributed by atoms with Crippen molar-refractivity contribution in [3.05, 3.63) is 34.4 Å². The predicted molar refractivity (Wildman–Crippen MR) is 79.3 cm³/mol. The van der Waals surface area contributed by atoms with Crippen LogP contribution in [0.3, 0.4) is 0 Å². The Balaban J connectivity index is 2.11. The molecule has 0 saturated heterocycles. The third kappa shape index (κ3) is 3.75. The number of anilines is 1. The molecule has 0 bridgehead atoms. The van der Waals surface area contributed by atoms with E-state index in [-0.39, 0.29) is 11.4 Å². The lowest BCUT2D eigenvalue weighted by molar-refractivity contribution is 0.581. The van der Waals surface area contributed by atoms with E-state index in [2.05, 4.69) is 20.0 Å². The molecule has 2 rings (SSSR count). The molecule has 0 saturated carbocycles. The Morgan fingerprint density at radius 2 is 2.15 bits per heavy atom. The topological polar surface area (TPSA) is 84.0 Å². The van der Waals surface area contributed by atoms with E-state index in [1.165, 1.54) is 29.7 Å². The van der Waals surface area contributed by atoms with Crippen LogP contribution in [0.5, 0.6) is 0 Å². The predicted octanol–water partition coefficient (Wildman–Crippen LogP) is 1.76. The van der Waals surface area contributed by atoms with Gasteiger partial charge in [0.15, 0.2) is 0 Å². The first kappa shape index (κ1) is 14.9. The Hall–Kier alpha value is -1.51. The maximum Gasteiger partial charge on any atom is 0.241 e. The standard InChI is InChI=1S/C12H16N4O2S2/c1-3-13-11-6-10(4-5-14-11)20(17,18)16-8-12-15-7-9(2)19-12/h4-7,16H,3,8H2,1-2H3,(H,13,14). The Bertz CT molecular complexity index is 682. The highest BCUT2D eigenvalue weighted by Crippen LogP contribution is 2.15. The first-order valence-electron chi connectivity index (χ1n) is 6.12. The lowest BCUT2D eigenvalue weighted by Crippen LogP contribution is -2.23. The molecule has 0 spiro atoms. The van der Waals surface area contributed by atoms with E-state index in [4.69, 9.17) is 0 Å². The normalized spacial score (nSPS) is 11.5. The zero-order chi connectivity index (χ0) is 14.6. The summed E-state index contributed by atoms with van der Waals surface area (Å²) in [5.74, 6) is 0.542. The number of rotatable bonds is 6. The minimum absolute atomic E-state index is 0.191. The van der Waals surface area contributed by atoms with Crippen LogP contribution in [0.25, 0.3) is 0 Å². The highest BCUT2D eigenvalue weighted by molar-refractivity contribution is 7.89. The molecule has 0 fully saturated rings. The lowest BCUT2D eigenvalue weighted by atomic mass is 10.4. The second kappa shape index (κ2) is 6.29. The Morgan fingerprint density at radius 3 is 2.80 bits per heavy atom. The molecular weight excluding hydrogens is 296 g/mol. The third-order valence-corrected chi connectivity index (χ3v) is 4.79. The third-order valence-electron chi connectivity index (χ3n) is 2.48. The van der Waals surface area contributed by atoms with Crippen molar-refractivity contribution in [3.63, 3.8) is 0 Å². The molecule has 0 unspecified atom stereocenters. The molecule has 0 aliphatic rings. The van der Waals surface area contributed by atoms with Crippen LogP contribution in [0.4, 0.5) is 5.82 Å². The van der Waals surface area contributed by atoms with E-state index >= 15 is 0 Å². The molecule has 2 heterocycles. The minimum atomic E-state index is -3.55. The Kier molecular flexibility index (Phi) is 4.69. The number of hydrogen-bond acceptors (Lipinski definition) is 6. The van der Waals surface area contributed by atoms with Crippen LogP contribution in [0.15, 0.2) is 29.4 Å². The number of sulfonamides is 1. The van der Waals surface area contributed by atoms with Crippen molar-refractivity contribution in [2.24, 2.45) is 0 Å². The average molecular weight is 312 g/mol. The molecule has 2 aromatic rings. The molecule has 0 aromatic carbocycles. The molecular formula is C12H16N4O2S2. The molecule has 6 nitrogen and oxygen atoms in total. The van der Waals surface area contributed by atoms with Crippen LogP contribution in [0, 0.1) is 6.92 Å². The van der Waals surface area contributed by atoms with Gasteiger partial charge in [0.25, 0.3) is 0 Å². The summed E-state index contributed by atoms with van der Waals surface area (Å²) in [6, 6.07) is 2.98. The number of hydrogen-bond donors (Lipinski definition) is 2. The fourth-order valence-electron chi connectivity index (χ4n) is 1.58. The van der Waals surface area contributed by atoms with Crippen LogP contribution >= 0.6 is 11.3 Å². The van der Waals surface area contributed by atoms with Crippen LogP contribution in [0.1, 0.15) is 16.8 Å². The average Bonchev–Trinajstić information content (AvgIpc) is 2.83. The van der Waals surface area contributed by atoms with Crippen molar-refractivity contribution in [1.82, 2.24) is 14.7 Å². The maximum absolute atomic E-state index is 12.2. The van der Waals surface area contributed by atoms with Crippen LogP contribution in [0.2, 0.25) is 0 Å². The monoisotopic (exact) mass is 312 g/mol. The molecule has 0 amide bonds. The zero-order valence-electron chi connectivity index (χ0n) is 11.3. The van der Waals surface area contributed by atoms with Gasteiger partial charge < -0.3 is 5.32 Å². The van der Waals surface area contributed by atoms with Gasteiger partial charge >= 0.3 is 0 Å². The number of aryl methyl sites for hydroxylation is 1. The smallest absolute Gasteiger partial charge is 0.241 e. The minimum Gasteiger partial charge on any atom is -0.370 e. The summed E-state index contributed by atoms with van der Waals surface area (Å²) in [6.45, 7) is 4.73. The number of nitrogens with zero attached hydrogens (tertiary/aromatic N) is 2. The SMILES string of the molecule is CCNc1cc(S(=O)(=O)NCc2ncc(C)s2)ccn1. The molecule has 8 heteroatoms. The summed E-state index contributed by atoms with van der Waals surface area (Å²) in [5.41, 5.74) is 0. The quantitative estimate of drug-likeness (QED) is 0.849. The van der Waals surface area contributed by atoms with Crippen molar-refractivity contribution < 1.29 is 8.42 Å². The lowest BCUT2D eigenvalue weighted by Gasteiger charge is -2.07. The molecule has 20 heavy (non-hydrogen) atoms. The summed E-state index contributed by atoms with van der Waals surface area (Å²) < 4.78 is 26.9. The first-order valence-corrected chi connectivity index (χ1v) is 8.42. The van der Waals surface area contributed by atoms with Crippen LogP contribution < -0.4 is 10.0 Å². The molecule has 0 aliphatic carbocycles. The maximum atomic E-state index is 12.2. The summed E-state index contributed by atoms with van der Waals surface area (Å²) in [4.78, 5) is 9.42. The van der Waals surface area contributed by atoms with Gasteiger partial charge in [-0.3, -0.25) is 0 Å². The number of pyridine rings is 1. The van der Waals surface area contributed by atoms with E-state index in [1.54, 1.807) is 6.20 Å². The van der Waals surface area contributed by atoms with Crippen LogP contribution in [-0.2, 0) is 16.6 Å². The Morgan fingerprint density at radius 1 is 1.35 bits per heavy atom. The van der Waals surface area contributed by atoms with Gasteiger partial charge in [0.05, 0.1) is 11.4 Å². The second-order valence-corrected chi connectivity index (χ2v) is 7.18. The molecule has 0 radical (unpaired) electrons. The van der Waals surface area contributed by atoms with E-state index in [1.807, 2.05) is 13.8 Å². The number of aromatic nitrogens is 2. The summed E-state index contributed by atoms with van der Waals surface area (Å²) in [5, 5.41) is 3.73. The molecule has 0 aliphatic heterocycles. The van der Waals surface area contributed by atoms with Gasteiger partial charge in [0.2, 0.25) is 10.0 Å². The molecule has 2 N–H and O–H groups in total. The highest BCUT2D eigenvalue weighted by atomic mass is 32.2. The summed E-state index contributed by atoms with van der Waals surface area (Å²) >= 11 is 1.47. The largest absolute Gasteiger partial charge is 0.370 e. The Labute approximate surface area is 122 Å². The van der Waals surface area contributed by atoms with Crippen molar-refractivity contribution in [1.29, 1.82) is 0 Å². The van der Waals surface area contributed by atoms with E-state index < -0.39 is 10.0 Å². The molecule has 2 aromatic heterocycles. The second-order valence-electron chi connectivity index (χ2n) is 4.10. The van der Waals surface area contributed by atoms with Crippen molar-refractivity contribution in [2.45, 2.75) is 25.3 Å². The van der Waals surface area contributed by atoms with Gasteiger partial charge in [0, 0.05) is 29.9 Å². The van der Waals surface area contributed by atoms with Crippen LogP contribution in [-0.4, -0.2) is 24.9 Å².